The predicted molar refractivity (Wildman–Crippen MR) is 66.4 cm³/mol. The summed E-state index contributed by atoms with van der Waals surface area (Å²) < 4.78 is 5.21. The fourth-order valence-electron chi connectivity index (χ4n) is 2.30. The van der Waals surface area contributed by atoms with Crippen LogP contribution in [-0.4, -0.2) is 13.2 Å². The van der Waals surface area contributed by atoms with E-state index < -0.39 is 5.54 Å². The highest BCUT2D eigenvalue weighted by Crippen LogP contribution is 2.47. The Morgan fingerprint density at radius 3 is 2.65 bits per heavy atom. The second kappa shape index (κ2) is 4.52. The van der Waals surface area contributed by atoms with Crippen molar-refractivity contribution in [3.05, 3.63) is 28.3 Å². The Balaban J connectivity index is 2.57. The van der Waals surface area contributed by atoms with Gasteiger partial charge in [0, 0.05) is 5.02 Å². The lowest BCUT2D eigenvalue weighted by atomic mass is 9.71. The van der Waals surface area contributed by atoms with Crippen LogP contribution in [0.25, 0.3) is 0 Å². The first-order valence-corrected chi connectivity index (χ1v) is 5.94. The molecule has 1 aliphatic rings. The second-order valence-corrected chi connectivity index (χ2v) is 4.78. The summed E-state index contributed by atoms with van der Waals surface area (Å²) in [6, 6.07) is 3.69. The van der Waals surface area contributed by atoms with E-state index in [9.17, 15) is 4.79 Å². The summed E-state index contributed by atoms with van der Waals surface area (Å²) in [5, 5.41) is 0.645. The molecule has 0 radical (unpaired) electrons. The molecule has 3 nitrogen and oxygen atoms in total. The highest BCUT2D eigenvalue weighted by atomic mass is 35.5. The monoisotopic (exact) mass is 251 g/mol. The molecule has 0 unspecified atom stereocenters. The first-order chi connectivity index (χ1) is 8.13. The van der Waals surface area contributed by atoms with Crippen molar-refractivity contribution in [1.82, 2.24) is 0 Å². The van der Waals surface area contributed by atoms with Gasteiger partial charge in [-0.3, -0.25) is 0 Å². The Bertz CT molecular complexity index is 488. The number of carbonyl (C=O) groups excluding carboxylic acids is 1. The summed E-state index contributed by atoms with van der Waals surface area (Å²) in [5.41, 5.74) is 1.52. The molecule has 0 aromatic heterocycles. The smallest absolute Gasteiger partial charge is 0.235 e. The summed E-state index contributed by atoms with van der Waals surface area (Å²) >= 11 is 6.16. The number of halogens is 1. The van der Waals surface area contributed by atoms with Gasteiger partial charge in [0.05, 0.1) is 12.6 Å². The van der Waals surface area contributed by atoms with E-state index in [0.717, 1.165) is 30.4 Å². The number of methoxy groups -OCH3 is 1. The van der Waals surface area contributed by atoms with E-state index in [-0.39, 0.29) is 0 Å². The lowest BCUT2D eigenvalue weighted by molar-refractivity contribution is 0.254. The molecule has 4 heteroatoms. The van der Waals surface area contributed by atoms with Crippen molar-refractivity contribution in [3.8, 4) is 5.75 Å². The molecule has 17 heavy (non-hydrogen) atoms. The van der Waals surface area contributed by atoms with E-state index in [1.807, 2.05) is 13.0 Å². The van der Waals surface area contributed by atoms with E-state index in [2.05, 4.69) is 4.99 Å². The Labute approximate surface area is 105 Å². The molecule has 0 aliphatic heterocycles. The molecule has 1 aromatic rings. The first kappa shape index (κ1) is 12.2. The summed E-state index contributed by atoms with van der Waals surface area (Å²) in [7, 11) is 1.60. The van der Waals surface area contributed by atoms with Crippen molar-refractivity contribution in [2.45, 2.75) is 31.7 Å². The van der Waals surface area contributed by atoms with Crippen molar-refractivity contribution in [2.75, 3.05) is 7.11 Å². The lowest BCUT2D eigenvalue weighted by Gasteiger charge is -2.38. The van der Waals surface area contributed by atoms with Gasteiger partial charge in [-0.2, -0.15) is 4.99 Å². The minimum atomic E-state index is -0.427. The molecule has 0 saturated heterocycles. The Kier molecular flexibility index (Phi) is 3.23. The molecule has 1 aliphatic carbocycles. The van der Waals surface area contributed by atoms with Crippen LogP contribution in [-0.2, 0) is 10.3 Å². The molecule has 1 saturated carbocycles. The van der Waals surface area contributed by atoms with Crippen molar-refractivity contribution in [3.63, 3.8) is 0 Å². The van der Waals surface area contributed by atoms with Crippen molar-refractivity contribution in [1.29, 1.82) is 0 Å². The van der Waals surface area contributed by atoms with Gasteiger partial charge in [0.15, 0.2) is 0 Å². The molecule has 1 aromatic carbocycles. The van der Waals surface area contributed by atoms with E-state index in [1.165, 1.54) is 0 Å². The topological polar surface area (TPSA) is 38.7 Å². The van der Waals surface area contributed by atoms with Crippen LogP contribution in [0, 0.1) is 6.92 Å². The van der Waals surface area contributed by atoms with Crippen LogP contribution in [0.15, 0.2) is 17.1 Å². The molecule has 1 fully saturated rings. The molecular weight excluding hydrogens is 238 g/mol. The third-order valence-corrected chi connectivity index (χ3v) is 3.89. The first-order valence-electron chi connectivity index (χ1n) is 5.56. The number of hydrogen-bond acceptors (Lipinski definition) is 3. The van der Waals surface area contributed by atoms with E-state index in [1.54, 1.807) is 19.3 Å². The van der Waals surface area contributed by atoms with Gasteiger partial charge in [0.25, 0.3) is 0 Å². The van der Waals surface area contributed by atoms with E-state index in [0.29, 0.717) is 10.8 Å². The quantitative estimate of drug-likeness (QED) is 0.610. The number of ether oxygens (including phenoxy) is 1. The number of hydrogen-bond donors (Lipinski definition) is 0. The maximum atomic E-state index is 10.6. The molecule has 0 atom stereocenters. The normalized spacial score (nSPS) is 16.9. The Morgan fingerprint density at radius 1 is 1.47 bits per heavy atom. The minimum absolute atomic E-state index is 0.427. The molecule has 0 spiro atoms. The summed E-state index contributed by atoms with van der Waals surface area (Å²) in [6.07, 6.45) is 4.49. The van der Waals surface area contributed by atoms with E-state index in [4.69, 9.17) is 16.3 Å². The number of rotatable bonds is 3. The number of nitrogens with zero attached hydrogens (tertiary/aromatic N) is 1. The largest absolute Gasteiger partial charge is 0.497 e. The molecule has 0 bridgehead atoms. The highest BCUT2D eigenvalue weighted by Gasteiger charge is 2.40. The average Bonchev–Trinajstić information content (AvgIpc) is 2.27. The van der Waals surface area contributed by atoms with Crippen LogP contribution in [0.4, 0.5) is 0 Å². The van der Waals surface area contributed by atoms with Crippen LogP contribution in [0.2, 0.25) is 5.02 Å². The van der Waals surface area contributed by atoms with Gasteiger partial charge < -0.3 is 4.74 Å². The highest BCUT2D eigenvalue weighted by molar-refractivity contribution is 6.31. The van der Waals surface area contributed by atoms with Gasteiger partial charge in [-0.05, 0) is 49.4 Å². The molecule has 0 amide bonds. The molecule has 0 N–H and O–H groups in total. The second-order valence-electron chi connectivity index (χ2n) is 4.37. The van der Waals surface area contributed by atoms with Gasteiger partial charge in [-0.1, -0.05) is 11.6 Å². The van der Waals surface area contributed by atoms with Gasteiger partial charge >= 0.3 is 0 Å². The fraction of sp³-hybridized carbons (Fsp3) is 0.462. The van der Waals surface area contributed by atoms with Gasteiger partial charge in [-0.25, -0.2) is 4.79 Å². The van der Waals surface area contributed by atoms with Crippen LogP contribution in [0.3, 0.4) is 0 Å². The maximum Gasteiger partial charge on any atom is 0.235 e. The van der Waals surface area contributed by atoms with Crippen LogP contribution >= 0.6 is 11.6 Å². The lowest BCUT2D eigenvalue weighted by Crippen LogP contribution is -2.32. The Morgan fingerprint density at radius 2 is 2.18 bits per heavy atom. The third kappa shape index (κ3) is 1.97. The number of isocyanates is 1. The molecular formula is C13H14ClNO2. The summed E-state index contributed by atoms with van der Waals surface area (Å²) in [5.74, 6) is 0.697. The summed E-state index contributed by atoms with van der Waals surface area (Å²) in [6.45, 7) is 1.94. The zero-order valence-corrected chi connectivity index (χ0v) is 10.7. The standard InChI is InChI=1S/C13H14ClNO2/c1-9-11(6-10(17-2)7-12(9)14)13(15-8-16)4-3-5-13/h6-7H,3-5H2,1-2H3. The SMILES string of the molecule is COc1cc(Cl)c(C)c(C2(N=C=O)CCC2)c1. The van der Waals surface area contributed by atoms with Crippen LogP contribution in [0.5, 0.6) is 5.75 Å². The average molecular weight is 252 g/mol. The fourth-order valence-corrected chi connectivity index (χ4v) is 2.50. The predicted octanol–water partition coefficient (Wildman–Crippen LogP) is 3.37. The molecule has 90 valence electrons. The maximum absolute atomic E-state index is 10.6. The number of aliphatic imine (C=N–C) groups is 1. The third-order valence-electron chi connectivity index (χ3n) is 3.50. The molecule has 2 rings (SSSR count). The van der Waals surface area contributed by atoms with Gasteiger partial charge in [0.2, 0.25) is 6.08 Å². The van der Waals surface area contributed by atoms with Gasteiger partial charge in [-0.15, -0.1) is 0 Å². The van der Waals surface area contributed by atoms with Gasteiger partial charge in [0.1, 0.15) is 5.75 Å². The van der Waals surface area contributed by atoms with Crippen molar-refractivity contribution in [2.24, 2.45) is 4.99 Å². The van der Waals surface area contributed by atoms with E-state index >= 15 is 0 Å². The minimum Gasteiger partial charge on any atom is -0.497 e. The number of benzene rings is 1. The molecule has 0 heterocycles. The Hall–Kier alpha value is -1.31. The van der Waals surface area contributed by atoms with Crippen LogP contribution in [0.1, 0.15) is 30.4 Å². The van der Waals surface area contributed by atoms with Crippen molar-refractivity contribution < 1.29 is 9.53 Å². The zero-order chi connectivity index (χ0) is 12.5. The zero-order valence-electron chi connectivity index (χ0n) is 9.92. The summed E-state index contributed by atoms with van der Waals surface area (Å²) in [4.78, 5) is 14.6. The van der Waals surface area contributed by atoms with Crippen LogP contribution < -0.4 is 4.74 Å². The van der Waals surface area contributed by atoms with Crippen molar-refractivity contribution >= 4 is 17.7 Å².